The molecule has 4 nitrogen and oxygen atoms in total. The highest BCUT2D eigenvalue weighted by Crippen LogP contribution is 2.36. The Hall–Kier alpha value is -1.30. The zero-order valence-electron chi connectivity index (χ0n) is 11.9. The molecule has 0 radical (unpaired) electrons. The minimum absolute atomic E-state index is 0.196. The average Bonchev–Trinajstić information content (AvgIpc) is 2.47. The minimum Gasteiger partial charge on any atom is -0.480 e. The molecule has 116 valence electrons. The number of benzene rings is 1. The van der Waals surface area contributed by atoms with Crippen LogP contribution in [0.4, 0.5) is 5.69 Å². The van der Waals surface area contributed by atoms with Crippen LogP contribution in [0.2, 0.25) is 10.0 Å². The number of nitrogens with zero attached hydrogens (tertiary/aromatic N) is 1. The molecule has 0 saturated carbocycles. The van der Waals surface area contributed by atoms with Crippen molar-refractivity contribution in [2.24, 2.45) is 0 Å². The highest BCUT2D eigenvalue weighted by molar-refractivity contribution is 9.10. The number of pyridine rings is 1. The summed E-state index contributed by atoms with van der Waals surface area (Å²) in [5.41, 5.74) is 1.88. The summed E-state index contributed by atoms with van der Waals surface area (Å²) in [5.74, 6) is -0.0270. The molecule has 7 heteroatoms. The van der Waals surface area contributed by atoms with Crippen LogP contribution in [0.5, 0.6) is 5.75 Å². The zero-order chi connectivity index (χ0) is 16.3. The van der Waals surface area contributed by atoms with E-state index in [9.17, 15) is 4.79 Å². The highest BCUT2D eigenvalue weighted by Gasteiger charge is 2.15. The number of ether oxygens (including phenoxy) is 1. The molecule has 0 bridgehead atoms. The lowest BCUT2D eigenvalue weighted by atomic mass is 10.3. The smallest absolute Gasteiger partial charge is 0.262 e. The van der Waals surface area contributed by atoms with Crippen molar-refractivity contribution in [2.45, 2.75) is 13.8 Å². The third-order valence-electron chi connectivity index (χ3n) is 2.84. The highest BCUT2D eigenvalue weighted by atomic mass is 79.9. The molecule has 0 aliphatic heterocycles. The van der Waals surface area contributed by atoms with Gasteiger partial charge in [-0.25, -0.2) is 0 Å². The number of hydrogen-bond donors (Lipinski definition) is 1. The Bertz CT molecular complexity index is 679. The van der Waals surface area contributed by atoms with E-state index in [0.29, 0.717) is 27.1 Å². The Balaban J connectivity index is 2.04. The fraction of sp³-hybridized carbons (Fsp3) is 0.200. The van der Waals surface area contributed by atoms with Crippen molar-refractivity contribution in [1.29, 1.82) is 0 Å². The summed E-state index contributed by atoms with van der Waals surface area (Å²) in [6, 6.07) is 7.23. The second kappa shape index (κ2) is 7.31. The van der Waals surface area contributed by atoms with Crippen molar-refractivity contribution >= 4 is 50.7 Å². The van der Waals surface area contributed by atoms with Gasteiger partial charge in [0.2, 0.25) is 0 Å². The van der Waals surface area contributed by atoms with Gasteiger partial charge < -0.3 is 10.1 Å². The fourth-order valence-electron chi connectivity index (χ4n) is 1.77. The quantitative estimate of drug-likeness (QED) is 0.798. The third kappa shape index (κ3) is 4.12. The van der Waals surface area contributed by atoms with Crippen molar-refractivity contribution < 1.29 is 9.53 Å². The van der Waals surface area contributed by atoms with Gasteiger partial charge in [0.25, 0.3) is 5.91 Å². The zero-order valence-corrected chi connectivity index (χ0v) is 15.0. The van der Waals surface area contributed by atoms with Gasteiger partial charge in [0.15, 0.2) is 12.4 Å². The lowest BCUT2D eigenvalue weighted by Gasteiger charge is -2.13. The van der Waals surface area contributed by atoms with E-state index in [4.69, 9.17) is 27.9 Å². The van der Waals surface area contributed by atoms with Crippen LogP contribution in [-0.4, -0.2) is 17.5 Å². The van der Waals surface area contributed by atoms with E-state index in [1.807, 2.05) is 12.1 Å². The molecule has 0 saturated heterocycles. The summed E-state index contributed by atoms with van der Waals surface area (Å²) in [6.07, 6.45) is 0. The van der Waals surface area contributed by atoms with E-state index in [1.165, 1.54) is 0 Å². The van der Waals surface area contributed by atoms with Gasteiger partial charge in [-0.05, 0) is 38.1 Å². The number of anilines is 1. The van der Waals surface area contributed by atoms with Crippen LogP contribution >= 0.6 is 39.1 Å². The van der Waals surface area contributed by atoms with E-state index in [2.05, 4.69) is 26.2 Å². The third-order valence-corrected chi connectivity index (χ3v) is 4.26. The second-order valence-electron chi connectivity index (χ2n) is 4.58. The Labute approximate surface area is 146 Å². The van der Waals surface area contributed by atoms with Gasteiger partial charge >= 0.3 is 0 Å². The Morgan fingerprint density at radius 3 is 2.27 bits per heavy atom. The van der Waals surface area contributed by atoms with Crippen molar-refractivity contribution in [2.75, 3.05) is 11.9 Å². The number of halogens is 3. The monoisotopic (exact) mass is 402 g/mol. The number of aromatic nitrogens is 1. The molecule has 2 aromatic rings. The Kier molecular flexibility index (Phi) is 5.67. The maximum atomic E-state index is 11.9. The molecule has 22 heavy (non-hydrogen) atoms. The standard InChI is InChI=1S/C15H13BrCl2N2O2/c1-8-13(17)15(14(18)9(2)19-8)22-7-12(21)20-11-5-3-10(16)4-6-11/h3-6H,7H2,1-2H3,(H,20,21). The van der Waals surface area contributed by atoms with Crippen LogP contribution in [0.25, 0.3) is 0 Å². The molecule has 2 rings (SSSR count). The molecular formula is C15H13BrCl2N2O2. The SMILES string of the molecule is Cc1nc(C)c(Cl)c(OCC(=O)Nc2ccc(Br)cc2)c1Cl. The molecule has 1 N–H and O–H groups in total. The lowest BCUT2D eigenvalue weighted by Crippen LogP contribution is -2.20. The number of hydrogen-bond acceptors (Lipinski definition) is 3. The molecule has 1 aromatic heterocycles. The minimum atomic E-state index is -0.304. The Morgan fingerprint density at radius 2 is 1.73 bits per heavy atom. The van der Waals surface area contributed by atoms with Gasteiger partial charge in [0, 0.05) is 10.2 Å². The predicted octanol–water partition coefficient (Wildman–Crippen LogP) is 4.79. The van der Waals surface area contributed by atoms with Crippen LogP contribution in [0.15, 0.2) is 28.7 Å². The molecule has 0 aliphatic carbocycles. The van der Waals surface area contributed by atoms with Crippen molar-refractivity contribution in [3.63, 3.8) is 0 Å². The van der Waals surface area contributed by atoms with Gasteiger partial charge in [0.05, 0.1) is 11.4 Å². The Morgan fingerprint density at radius 1 is 1.18 bits per heavy atom. The largest absolute Gasteiger partial charge is 0.480 e. The molecule has 0 unspecified atom stereocenters. The number of aryl methyl sites for hydroxylation is 2. The van der Waals surface area contributed by atoms with E-state index in [-0.39, 0.29) is 18.3 Å². The number of rotatable bonds is 4. The molecule has 1 aromatic carbocycles. The first kappa shape index (κ1) is 17.1. The first-order valence-corrected chi connectivity index (χ1v) is 7.93. The first-order valence-electron chi connectivity index (χ1n) is 6.39. The van der Waals surface area contributed by atoms with E-state index in [0.717, 1.165) is 4.47 Å². The van der Waals surface area contributed by atoms with Crippen molar-refractivity contribution in [3.8, 4) is 5.75 Å². The molecule has 0 fully saturated rings. The molecular weight excluding hydrogens is 391 g/mol. The van der Waals surface area contributed by atoms with Gasteiger partial charge in [-0.2, -0.15) is 0 Å². The topological polar surface area (TPSA) is 51.2 Å². The lowest BCUT2D eigenvalue weighted by molar-refractivity contribution is -0.118. The van der Waals surface area contributed by atoms with Gasteiger partial charge in [-0.1, -0.05) is 39.1 Å². The summed E-state index contributed by atoms with van der Waals surface area (Å²) in [7, 11) is 0. The number of nitrogens with one attached hydrogen (secondary N) is 1. The second-order valence-corrected chi connectivity index (χ2v) is 6.26. The molecule has 1 amide bonds. The van der Waals surface area contributed by atoms with Crippen molar-refractivity contribution in [3.05, 3.63) is 50.2 Å². The van der Waals surface area contributed by atoms with Gasteiger partial charge in [0.1, 0.15) is 10.0 Å². The maximum absolute atomic E-state index is 11.9. The van der Waals surface area contributed by atoms with Crippen LogP contribution in [0, 0.1) is 13.8 Å². The number of amides is 1. The summed E-state index contributed by atoms with van der Waals surface area (Å²) in [5, 5.41) is 3.35. The van der Waals surface area contributed by atoms with Crippen molar-refractivity contribution in [1.82, 2.24) is 4.98 Å². The first-order chi connectivity index (χ1) is 10.4. The van der Waals surface area contributed by atoms with Crippen LogP contribution in [0.3, 0.4) is 0 Å². The number of carbonyl (C=O) groups is 1. The summed E-state index contributed by atoms with van der Waals surface area (Å²) >= 11 is 15.6. The van der Waals surface area contributed by atoms with E-state index < -0.39 is 0 Å². The summed E-state index contributed by atoms with van der Waals surface area (Å²) < 4.78 is 6.40. The predicted molar refractivity (Wildman–Crippen MR) is 92.0 cm³/mol. The maximum Gasteiger partial charge on any atom is 0.262 e. The average molecular weight is 404 g/mol. The van der Waals surface area contributed by atoms with E-state index in [1.54, 1.807) is 26.0 Å². The van der Waals surface area contributed by atoms with E-state index >= 15 is 0 Å². The molecule has 0 aliphatic rings. The molecule has 0 spiro atoms. The van der Waals surface area contributed by atoms with Gasteiger partial charge in [-0.15, -0.1) is 0 Å². The molecule has 0 atom stereocenters. The molecule has 1 heterocycles. The van der Waals surface area contributed by atoms with Crippen LogP contribution in [-0.2, 0) is 4.79 Å². The summed E-state index contributed by atoms with van der Waals surface area (Å²) in [6.45, 7) is 3.30. The number of carbonyl (C=O) groups excluding carboxylic acids is 1. The summed E-state index contributed by atoms with van der Waals surface area (Å²) in [4.78, 5) is 16.1. The van der Waals surface area contributed by atoms with Crippen LogP contribution < -0.4 is 10.1 Å². The van der Waals surface area contributed by atoms with Crippen LogP contribution in [0.1, 0.15) is 11.4 Å². The normalized spacial score (nSPS) is 10.4. The van der Waals surface area contributed by atoms with Gasteiger partial charge in [-0.3, -0.25) is 9.78 Å². The fourth-order valence-corrected chi connectivity index (χ4v) is 2.46.